The van der Waals surface area contributed by atoms with Gasteiger partial charge >= 0.3 is 11.9 Å². The number of benzene rings is 1. The number of nitrogens with zero attached hydrogens (tertiary/aromatic N) is 2. The van der Waals surface area contributed by atoms with E-state index < -0.39 is 29.8 Å². The summed E-state index contributed by atoms with van der Waals surface area (Å²) in [5.74, 6) is -1.82. The van der Waals surface area contributed by atoms with E-state index >= 15 is 0 Å². The largest absolute Gasteiger partial charge is 0.481 e. The van der Waals surface area contributed by atoms with E-state index in [-0.39, 0.29) is 44.0 Å². The van der Waals surface area contributed by atoms with Crippen molar-refractivity contribution in [2.75, 3.05) is 20.3 Å². The fraction of sp³-hybridized carbons (Fsp3) is 0.500. The molecule has 11 heteroatoms. The smallest absolute Gasteiger partial charge is 0.325 e. The van der Waals surface area contributed by atoms with Crippen LogP contribution in [0.2, 0.25) is 0 Å². The lowest BCUT2D eigenvalue weighted by Crippen LogP contribution is -2.32. The van der Waals surface area contributed by atoms with E-state index in [9.17, 15) is 24.3 Å². The van der Waals surface area contributed by atoms with Gasteiger partial charge in [-0.3, -0.25) is 19.2 Å². The quantitative estimate of drug-likeness (QED) is 0.340. The number of nitrogens with one attached hydrogen (secondary N) is 2. The Hall–Kier alpha value is -3.47. The summed E-state index contributed by atoms with van der Waals surface area (Å²) in [6.45, 7) is 3.76. The Morgan fingerprint density at radius 1 is 1.18 bits per heavy atom. The summed E-state index contributed by atoms with van der Waals surface area (Å²) in [5.41, 5.74) is 1.44. The molecule has 0 spiro atoms. The number of carbonyl (C=O) groups excluding carboxylic acids is 3. The van der Waals surface area contributed by atoms with Crippen LogP contribution in [0.4, 0.5) is 0 Å². The van der Waals surface area contributed by atoms with Gasteiger partial charge in [-0.15, -0.1) is 0 Å². The fourth-order valence-corrected chi connectivity index (χ4v) is 3.40. The summed E-state index contributed by atoms with van der Waals surface area (Å²) in [6.07, 6.45) is 0.103. The molecule has 0 saturated heterocycles. The summed E-state index contributed by atoms with van der Waals surface area (Å²) in [7, 11) is 1.23. The van der Waals surface area contributed by atoms with E-state index in [1.54, 1.807) is 22.8 Å². The number of rotatable bonds is 12. The maximum atomic E-state index is 12.4. The first kappa shape index (κ1) is 25.8. The van der Waals surface area contributed by atoms with E-state index in [0.717, 1.165) is 0 Å². The monoisotopic (exact) mass is 462 g/mol. The number of aliphatic hydroxyl groups is 1. The molecule has 4 N–H and O–H groups in total. The molecule has 1 unspecified atom stereocenters. The fourth-order valence-electron chi connectivity index (χ4n) is 3.40. The van der Waals surface area contributed by atoms with Crippen molar-refractivity contribution in [2.45, 2.75) is 45.7 Å². The molecule has 0 bridgehead atoms. The van der Waals surface area contributed by atoms with Crippen LogP contribution in [0.25, 0.3) is 11.0 Å². The van der Waals surface area contributed by atoms with E-state index in [1.165, 1.54) is 7.11 Å². The van der Waals surface area contributed by atoms with Crippen molar-refractivity contribution in [2.24, 2.45) is 5.92 Å². The number of aromatic nitrogens is 2. The first-order valence-electron chi connectivity index (χ1n) is 10.6. The lowest BCUT2D eigenvalue weighted by Gasteiger charge is -2.21. The number of hydrogen-bond donors (Lipinski definition) is 4. The van der Waals surface area contributed by atoms with Gasteiger partial charge in [-0.05, 0) is 30.5 Å². The number of methoxy groups -OCH3 is 1. The minimum Gasteiger partial charge on any atom is -0.481 e. The molecule has 0 aliphatic carbocycles. The zero-order valence-corrected chi connectivity index (χ0v) is 19.0. The highest BCUT2D eigenvalue weighted by Gasteiger charge is 2.24. The van der Waals surface area contributed by atoms with Gasteiger partial charge in [0.25, 0.3) is 5.91 Å². The van der Waals surface area contributed by atoms with Gasteiger partial charge in [-0.1, -0.05) is 13.8 Å². The summed E-state index contributed by atoms with van der Waals surface area (Å²) < 4.78 is 6.29. The van der Waals surface area contributed by atoms with E-state index in [1.807, 2.05) is 13.8 Å². The Bertz CT molecular complexity index is 1020. The third-order valence-corrected chi connectivity index (χ3v) is 4.90. The number of carboxylic acids is 1. The van der Waals surface area contributed by atoms with Crippen LogP contribution in [0.5, 0.6) is 0 Å². The van der Waals surface area contributed by atoms with Gasteiger partial charge in [0.05, 0.1) is 37.2 Å². The Morgan fingerprint density at radius 3 is 2.52 bits per heavy atom. The second-order valence-electron chi connectivity index (χ2n) is 7.95. The second-order valence-corrected chi connectivity index (χ2v) is 7.95. The number of imidazole rings is 1. The van der Waals surface area contributed by atoms with Crippen LogP contribution in [-0.2, 0) is 25.7 Å². The minimum atomic E-state index is -1.06. The molecule has 2 aromatic rings. The molecule has 0 saturated carbocycles. The predicted molar refractivity (Wildman–Crippen MR) is 118 cm³/mol. The van der Waals surface area contributed by atoms with Crippen LogP contribution in [0.3, 0.4) is 0 Å². The van der Waals surface area contributed by atoms with Gasteiger partial charge in [0.2, 0.25) is 5.91 Å². The average Bonchev–Trinajstić information content (AvgIpc) is 3.13. The predicted octanol–water partition coefficient (Wildman–Crippen LogP) is 1.000. The maximum absolute atomic E-state index is 12.4. The highest BCUT2D eigenvalue weighted by atomic mass is 16.5. The Kier molecular flexibility index (Phi) is 9.34. The lowest BCUT2D eigenvalue weighted by molar-refractivity contribution is -0.139. The molecule has 1 aromatic carbocycles. The van der Waals surface area contributed by atoms with Crippen LogP contribution in [0.15, 0.2) is 18.2 Å². The van der Waals surface area contributed by atoms with Gasteiger partial charge in [-0.25, -0.2) is 4.98 Å². The highest BCUT2D eigenvalue weighted by molar-refractivity contribution is 5.98. The molecule has 0 aliphatic heterocycles. The third-order valence-electron chi connectivity index (χ3n) is 4.90. The Balaban J connectivity index is 2.39. The van der Waals surface area contributed by atoms with Crippen molar-refractivity contribution >= 4 is 34.8 Å². The Labute approximate surface area is 191 Å². The normalized spacial score (nSPS) is 11.9. The van der Waals surface area contributed by atoms with E-state index in [4.69, 9.17) is 5.11 Å². The van der Waals surface area contributed by atoms with E-state index in [2.05, 4.69) is 20.4 Å². The van der Waals surface area contributed by atoms with Crippen LogP contribution < -0.4 is 10.6 Å². The standard InChI is InChI=1S/C22H30N4O7/c1-13(2)10-16(24-18(28)6-7-19(29)30)21-25-15-11-14(22(32)23-12-20(31)33-3)4-5-17(15)26(21)8-9-27/h4-5,11,13,16,27H,6-10,12H2,1-3H3,(H,23,32)(H,24,28)(H,29,30). The molecule has 0 aliphatic rings. The molecule has 33 heavy (non-hydrogen) atoms. The number of amides is 2. The zero-order valence-electron chi connectivity index (χ0n) is 19.0. The number of fused-ring (bicyclic) bond motifs is 1. The molecule has 1 atom stereocenters. The van der Waals surface area contributed by atoms with Crippen molar-refractivity contribution in [3.63, 3.8) is 0 Å². The molecule has 1 aromatic heterocycles. The van der Waals surface area contributed by atoms with Crippen molar-refractivity contribution < 1.29 is 34.1 Å². The summed E-state index contributed by atoms with van der Waals surface area (Å²) in [6, 6.07) is 4.32. The number of hydrogen-bond acceptors (Lipinski definition) is 7. The SMILES string of the molecule is COC(=O)CNC(=O)c1ccc2c(c1)nc(C(CC(C)C)NC(=O)CCC(=O)O)n2CCO. The minimum absolute atomic E-state index is 0.158. The molecule has 0 fully saturated rings. The van der Waals surface area contributed by atoms with Gasteiger partial charge in [0.1, 0.15) is 12.4 Å². The molecule has 2 rings (SSSR count). The van der Waals surface area contributed by atoms with Crippen molar-refractivity contribution in [1.29, 1.82) is 0 Å². The molecule has 0 radical (unpaired) electrons. The van der Waals surface area contributed by atoms with Crippen LogP contribution in [-0.4, -0.2) is 63.8 Å². The summed E-state index contributed by atoms with van der Waals surface area (Å²) in [4.78, 5) is 51.4. The van der Waals surface area contributed by atoms with E-state index in [0.29, 0.717) is 23.3 Å². The van der Waals surface area contributed by atoms with Crippen LogP contribution in [0.1, 0.15) is 55.3 Å². The van der Waals surface area contributed by atoms with Gasteiger partial charge < -0.3 is 30.2 Å². The Morgan fingerprint density at radius 2 is 1.91 bits per heavy atom. The maximum Gasteiger partial charge on any atom is 0.325 e. The summed E-state index contributed by atoms with van der Waals surface area (Å²) in [5, 5.41) is 23.8. The van der Waals surface area contributed by atoms with Crippen LogP contribution in [0, 0.1) is 5.92 Å². The molecule has 1 heterocycles. The highest BCUT2D eigenvalue weighted by Crippen LogP contribution is 2.26. The molecular weight excluding hydrogens is 432 g/mol. The van der Waals surface area contributed by atoms with Crippen LogP contribution >= 0.6 is 0 Å². The topological polar surface area (TPSA) is 160 Å². The third kappa shape index (κ3) is 7.28. The first-order valence-corrected chi connectivity index (χ1v) is 10.6. The average molecular weight is 463 g/mol. The molecule has 2 amide bonds. The molecule has 11 nitrogen and oxygen atoms in total. The van der Waals surface area contributed by atoms with Gasteiger partial charge in [0.15, 0.2) is 0 Å². The molecular formula is C22H30N4O7. The number of aliphatic hydroxyl groups excluding tert-OH is 1. The number of aliphatic carboxylic acids is 1. The van der Waals surface area contributed by atoms with Crippen molar-refractivity contribution in [1.82, 2.24) is 20.2 Å². The van der Waals surface area contributed by atoms with Crippen molar-refractivity contribution in [3.05, 3.63) is 29.6 Å². The number of carboxylic acid groups (broad SMARTS) is 1. The zero-order chi connectivity index (χ0) is 24.5. The number of carbonyl (C=O) groups is 4. The van der Waals surface area contributed by atoms with Crippen molar-refractivity contribution in [3.8, 4) is 0 Å². The number of ether oxygens (including phenoxy) is 1. The van der Waals surface area contributed by atoms with Gasteiger partial charge in [0, 0.05) is 18.5 Å². The summed E-state index contributed by atoms with van der Waals surface area (Å²) >= 11 is 0. The first-order chi connectivity index (χ1) is 15.7. The number of esters is 1. The molecule has 180 valence electrons. The second kappa shape index (κ2) is 12.0. The van der Waals surface area contributed by atoms with Gasteiger partial charge in [-0.2, -0.15) is 0 Å². The lowest BCUT2D eigenvalue weighted by atomic mass is 10.0.